The molecule has 2 heterocycles. The Morgan fingerprint density at radius 3 is 2.13 bits per heavy atom. The van der Waals surface area contributed by atoms with Gasteiger partial charge in [0.1, 0.15) is 5.82 Å². The highest BCUT2D eigenvalue weighted by Gasteiger charge is 2.26. The van der Waals surface area contributed by atoms with Crippen LogP contribution in [-0.2, 0) is 13.0 Å². The maximum atomic E-state index is 11.6. The molecule has 1 aromatic heterocycles. The van der Waals surface area contributed by atoms with Crippen LogP contribution in [0.2, 0.25) is 0 Å². The average molecular weight is 517 g/mol. The minimum absolute atomic E-state index is 0.264. The lowest BCUT2D eigenvalue weighted by atomic mass is 9.96. The summed E-state index contributed by atoms with van der Waals surface area (Å²) in [6, 6.07) is 35.4. The molecule has 0 radical (unpaired) electrons. The van der Waals surface area contributed by atoms with Gasteiger partial charge >= 0.3 is 5.97 Å². The maximum Gasteiger partial charge on any atom is 0.335 e. The third kappa shape index (κ3) is 5.62. The van der Waals surface area contributed by atoms with Crippen molar-refractivity contribution in [3.8, 4) is 0 Å². The second kappa shape index (κ2) is 11.2. The van der Waals surface area contributed by atoms with Crippen molar-refractivity contribution in [1.82, 2.24) is 19.8 Å². The van der Waals surface area contributed by atoms with Crippen LogP contribution in [0.5, 0.6) is 0 Å². The number of nitrogens with zero attached hydrogens (tertiary/aromatic N) is 3. The number of aromatic nitrogens is 2. The number of carboxylic acid groups (broad SMARTS) is 1. The molecule has 0 saturated carbocycles. The van der Waals surface area contributed by atoms with Crippen LogP contribution < -0.4 is 0 Å². The first-order valence-corrected chi connectivity index (χ1v) is 13.5. The van der Waals surface area contributed by atoms with Gasteiger partial charge in [0.25, 0.3) is 0 Å². The highest BCUT2D eigenvalue weighted by Crippen LogP contribution is 2.30. The van der Waals surface area contributed by atoms with Crippen LogP contribution in [0.1, 0.15) is 44.5 Å². The Morgan fingerprint density at radius 1 is 0.821 bits per heavy atom. The maximum absolute atomic E-state index is 11.6. The molecular formula is C33H32N4O2. The fourth-order valence-corrected chi connectivity index (χ4v) is 5.68. The van der Waals surface area contributed by atoms with Gasteiger partial charge in [-0.2, -0.15) is 0 Å². The number of hydrogen-bond donors (Lipinski definition) is 2. The second-order valence-corrected chi connectivity index (χ2v) is 10.2. The molecule has 0 atom stereocenters. The highest BCUT2D eigenvalue weighted by atomic mass is 16.4. The molecule has 1 aliphatic heterocycles. The number of fused-ring (bicyclic) bond motifs is 1. The zero-order valence-electron chi connectivity index (χ0n) is 21.8. The Hall–Kier alpha value is -4.26. The van der Waals surface area contributed by atoms with Crippen molar-refractivity contribution in [1.29, 1.82) is 0 Å². The van der Waals surface area contributed by atoms with Gasteiger partial charge in [-0.3, -0.25) is 9.80 Å². The second-order valence-electron chi connectivity index (χ2n) is 10.2. The molecule has 4 aromatic carbocycles. The van der Waals surface area contributed by atoms with E-state index in [9.17, 15) is 9.90 Å². The molecule has 1 aliphatic rings. The van der Waals surface area contributed by atoms with Crippen molar-refractivity contribution in [3.05, 3.63) is 137 Å². The number of aromatic amines is 1. The molecule has 196 valence electrons. The van der Waals surface area contributed by atoms with E-state index in [-0.39, 0.29) is 6.04 Å². The zero-order chi connectivity index (χ0) is 26.6. The third-order valence-corrected chi connectivity index (χ3v) is 7.61. The Morgan fingerprint density at radius 2 is 1.46 bits per heavy atom. The quantitative estimate of drug-likeness (QED) is 0.274. The van der Waals surface area contributed by atoms with E-state index in [1.54, 1.807) is 12.1 Å². The van der Waals surface area contributed by atoms with E-state index in [4.69, 9.17) is 4.98 Å². The molecule has 6 rings (SSSR count). The number of benzene rings is 4. The van der Waals surface area contributed by atoms with Crippen LogP contribution in [0, 0.1) is 0 Å². The number of carbonyl (C=O) groups is 1. The smallest absolute Gasteiger partial charge is 0.335 e. The van der Waals surface area contributed by atoms with Gasteiger partial charge in [-0.1, -0.05) is 84.9 Å². The summed E-state index contributed by atoms with van der Waals surface area (Å²) in [7, 11) is 0. The monoisotopic (exact) mass is 516 g/mol. The van der Waals surface area contributed by atoms with Crippen molar-refractivity contribution in [2.75, 3.05) is 26.2 Å². The Labute approximate surface area is 228 Å². The van der Waals surface area contributed by atoms with Crippen molar-refractivity contribution in [2.45, 2.75) is 19.0 Å². The SMILES string of the molecule is O=C(O)c1ccccc1Cc1nc2ccc(CN3CCN(C(c4ccccc4)c4ccccc4)CC3)cc2[nH]1. The fraction of sp³-hybridized carbons (Fsp3) is 0.212. The van der Waals surface area contributed by atoms with E-state index in [2.05, 4.69) is 93.6 Å². The number of aromatic carboxylic acids is 1. The molecule has 0 spiro atoms. The molecule has 0 amide bonds. The number of imidazole rings is 1. The average Bonchev–Trinajstić information content (AvgIpc) is 3.37. The summed E-state index contributed by atoms with van der Waals surface area (Å²) >= 11 is 0. The molecule has 0 bridgehead atoms. The van der Waals surface area contributed by atoms with Gasteiger partial charge in [-0.15, -0.1) is 0 Å². The minimum Gasteiger partial charge on any atom is -0.478 e. The number of piperazine rings is 1. The number of rotatable bonds is 8. The fourth-order valence-electron chi connectivity index (χ4n) is 5.68. The number of nitrogens with one attached hydrogen (secondary N) is 1. The summed E-state index contributed by atoms with van der Waals surface area (Å²) in [4.78, 5) is 24.8. The summed E-state index contributed by atoms with van der Waals surface area (Å²) in [5.74, 6) is -0.139. The number of carboxylic acids is 1. The first-order valence-electron chi connectivity index (χ1n) is 13.5. The van der Waals surface area contributed by atoms with Gasteiger partial charge in [-0.25, -0.2) is 9.78 Å². The number of hydrogen-bond acceptors (Lipinski definition) is 4. The summed E-state index contributed by atoms with van der Waals surface area (Å²) in [5, 5.41) is 9.50. The van der Waals surface area contributed by atoms with Crippen molar-refractivity contribution in [3.63, 3.8) is 0 Å². The molecule has 6 heteroatoms. The van der Waals surface area contributed by atoms with Gasteiger partial charge in [0, 0.05) is 39.1 Å². The highest BCUT2D eigenvalue weighted by molar-refractivity contribution is 5.89. The molecule has 39 heavy (non-hydrogen) atoms. The summed E-state index contributed by atoms with van der Waals surface area (Å²) in [6.45, 7) is 4.92. The van der Waals surface area contributed by atoms with Crippen LogP contribution >= 0.6 is 0 Å². The Kier molecular flexibility index (Phi) is 7.21. The van der Waals surface area contributed by atoms with E-state index in [0.717, 1.165) is 55.1 Å². The minimum atomic E-state index is -0.914. The Bertz CT molecular complexity index is 1520. The number of H-pyrrole nitrogens is 1. The molecule has 0 unspecified atom stereocenters. The van der Waals surface area contributed by atoms with Crippen LogP contribution in [0.15, 0.2) is 103 Å². The molecule has 1 fully saturated rings. The van der Waals surface area contributed by atoms with Crippen LogP contribution in [0.3, 0.4) is 0 Å². The predicted octanol–water partition coefficient (Wildman–Crippen LogP) is 5.76. The van der Waals surface area contributed by atoms with E-state index in [0.29, 0.717) is 12.0 Å². The van der Waals surface area contributed by atoms with Crippen molar-refractivity contribution in [2.24, 2.45) is 0 Å². The molecule has 5 aromatic rings. The predicted molar refractivity (Wildman–Crippen MR) is 154 cm³/mol. The first kappa shape index (κ1) is 25.0. The zero-order valence-corrected chi connectivity index (χ0v) is 21.8. The normalized spacial score (nSPS) is 14.7. The first-order chi connectivity index (χ1) is 19.1. The third-order valence-electron chi connectivity index (χ3n) is 7.61. The molecular weight excluding hydrogens is 484 g/mol. The molecule has 1 saturated heterocycles. The molecule has 0 aliphatic carbocycles. The van der Waals surface area contributed by atoms with Gasteiger partial charge in [0.05, 0.1) is 22.6 Å². The van der Waals surface area contributed by atoms with E-state index < -0.39 is 5.97 Å². The topological polar surface area (TPSA) is 72.5 Å². The lowest BCUT2D eigenvalue weighted by Gasteiger charge is -2.39. The standard InChI is InChI=1S/C33H32N4O2/c38-33(39)28-14-8-7-13-27(28)22-31-34-29-16-15-24(21-30(29)35-31)23-36-17-19-37(20-18-36)32(25-9-3-1-4-10-25)26-11-5-2-6-12-26/h1-16,21,32H,17-20,22-23H2,(H,34,35)(H,38,39). The lowest BCUT2D eigenvalue weighted by Crippen LogP contribution is -2.47. The van der Waals surface area contributed by atoms with Gasteiger partial charge in [-0.05, 0) is 40.5 Å². The van der Waals surface area contributed by atoms with Gasteiger partial charge in [0.15, 0.2) is 0 Å². The lowest BCUT2D eigenvalue weighted by molar-refractivity contribution is 0.0696. The van der Waals surface area contributed by atoms with Crippen LogP contribution in [-0.4, -0.2) is 57.0 Å². The summed E-state index contributed by atoms with van der Waals surface area (Å²) in [5.41, 5.74) is 6.89. The molecule has 2 N–H and O–H groups in total. The van der Waals surface area contributed by atoms with Crippen LogP contribution in [0.4, 0.5) is 0 Å². The van der Waals surface area contributed by atoms with Gasteiger partial charge in [0.2, 0.25) is 0 Å². The summed E-state index contributed by atoms with van der Waals surface area (Å²) in [6.07, 6.45) is 0.457. The van der Waals surface area contributed by atoms with E-state index in [1.165, 1.54) is 16.7 Å². The van der Waals surface area contributed by atoms with Crippen LogP contribution in [0.25, 0.3) is 11.0 Å². The van der Waals surface area contributed by atoms with Crippen molar-refractivity contribution >= 4 is 17.0 Å². The summed E-state index contributed by atoms with van der Waals surface area (Å²) < 4.78 is 0. The van der Waals surface area contributed by atoms with Crippen molar-refractivity contribution < 1.29 is 9.90 Å². The largest absolute Gasteiger partial charge is 0.478 e. The van der Waals surface area contributed by atoms with E-state index >= 15 is 0 Å². The van der Waals surface area contributed by atoms with E-state index in [1.807, 2.05) is 12.1 Å². The Balaban J connectivity index is 1.13. The van der Waals surface area contributed by atoms with Gasteiger partial charge < -0.3 is 10.1 Å². The molecule has 6 nitrogen and oxygen atoms in total.